The largest absolute Gasteiger partial charge is 0.431 e. The Labute approximate surface area is 152 Å². The summed E-state index contributed by atoms with van der Waals surface area (Å²) in [5, 5.41) is 0. The van der Waals surface area contributed by atoms with Crippen LogP contribution < -0.4 is 0 Å². The first kappa shape index (κ1) is 16.8. The van der Waals surface area contributed by atoms with Gasteiger partial charge in [0.25, 0.3) is 0 Å². The van der Waals surface area contributed by atoms with Crippen molar-refractivity contribution in [1.82, 2.24) is 0 Å². The van der Waals surface area contributed by atoms with Gasteiger partial charge < -0.3 is 4.80 Å². The Morgan fingerprint density at radius 3 is 2.44 bits per heavy atom. The maximum atomic E-state index is 10.9. The van der Waals surface area contributed by atoms with Crippen LogP contribution in [0.4, 0.5) is 0 Å². The van der Waals surface area contributed by atoms with Crippen molar-refractivity contribution in [2.24, 2.45) is 0 Å². The van der Waals surface area contributed by atoms with Crippen LogP contribution in [0.25, 0.3) is 5.57 Å². The number of allylic oxidation sites excluding steroid dienone is 2. The first-order valence-corrected chi connectivity index (χ1v) is 12.6. The molecule has 2 aliphatic rings. The van der Waals surface area contributed by atoms with E-state index in [0.717, 1.165) is 6.42 Å². The highest BCUT2D eigenvalue weighted by Crippen LogP contribution is 2.45. The van der Waals surface area contributed by atoms with E-state index in [-0.39, 0.29) is 5.54 Å². The van der Waals surface area contributed by atoms with Crippen LogP contribution in [0.15, 0.2) is 48.5 Å². The van der Waals surface area contributed by atoms with Crippen LogP contribution in [0.1, 0.15) is 59.0 Å². The Bertz CT molecular complexity index is 814. The fourth-order valence-corrected chi connectivity index (χ4v) is 6.16. The Morgan fingerprint density at radius 1 is 1.08 bits per heavy atom. The minimum atomic E-state index is -2.26. The molecule has 0 spiro atoms. The molecule has 25 heavy (non-hydrogen) atoms. The van der Waals surface area contributed by atoms with Gasteiger partial charge in [-0.15, -0.1) is 0 Å². The summed E-state index contributed by atoms with van der Waals surface area (Å²) in [6.45, 7) is 6.47. The zero-order valence-corrected chi connectivity index (χ0v) is 16.5. The Kier molecular flexibility index (Phi) is 4.21. The van der Waals surface area contributed by atoms with Gasteiger partial charge in [-0.05, 0) is 78.1 Å². The Morgan fingerprint density at radius 2 is 1.76 bits per heavy atom. The van der Waals surface area contributed by atoms with Crippen LogP contribution in [0, 0.1) is 0 Å². The summed E-state index contributed by atoms with van der Waals surface area (Å²) in [4.78, 5) is 10.9. The summed E-state index contributed by atoms with van der Waals surface area (Å²) >= 11 is 0. The van der Waals surface area contributed by atoms with Gasteiger partial charge in [0.15, 0.2) is 8.32 Å². The highest BCUT2D eigenvalue weighted by Gasteiger charge is 2.37. The van der Waals surface area contributed by atoms with Crippen molar-refractivity contribution in [3.8, 4) is 0 Å². The van der Waals surface area contributed by atoms with E-state index in [9.17, 15) is 4.80 Å². The third-order valence-corrected chi connectivity index (χ3v) is 7.97. The molecular weight excluding hydrogens is 320 g/mol. The normalized spacial score (nSPS) is 20.2. The molecule has 2 aromatic rings. The summed E-state index contributed by atoms with van der Waals surface area (Å²) in [6, 6.07) is 15.7. The summed E-state index contributed by atoms with van der Waals surface area (Å²) in [7, 11) is -2.26. The van der Waals surface area contributed by atoms with Gasteiger partial charge in [-0.1, -0.05) is 55.5 Å². The van der Waals surface area contributed by atoms with Crippen LogP contribution in [0.3, 0.4) is 0 Å². The second-order valence-corrected chi connectivity index (χ2v) is 12.3. The quantitative estimate of drug-likeness (QED) is 0.714. The third kappa shape index (κ3) is 3.14. The fraction of sp³-hybridized carbons (Fsp3) is 0.391. The predicted octanol–water partition coefficient (Wildman–Crippen LogP) is 5.59. The van der Waals surface area contributed by atoms with Gasteiger partial charge in [0, 0.05) is 5.54 Å². The lowest BCUT2D eigenvalue weighted by molar-refractivity contribution is 0.540. The standard InChI is InChI=1S/C23H28OSi/c1-16(17-8-5-4-6-9-17)12-20-15-23(25(2,3)24)22-14-19-11-7-10-18(19)13-21(20)22/h4-6,8-9,13-16,23-24H,7,10-12H2,1-3H3. The Balaban J connectivity index is 1.71. The smallest absolute Gasteiger partial charge is 0.193 e. The molecule has 0 radical (unpaired) electrons. The molecule has 1 N–H and O–H groups in total. The molecule has 2 heteroatoms. The molecule has 2 aromatic carbocycles. The first-order valence-electron chi connectivity index (χ1n) is 9.57. The monoisotopic (exact) mass is 348 g/mol. The van der Waals surface area contributed by atoms with E-state index in [2.05, 4.69) is 68.6 Å². The van der Waals surface area contributed by atoms with Gasteiger partial charge in [0.05, 0.1) is 0 Å². The fourth-order valence-electron chi connectivity index (χ4n) is 4.55. The minimum Gasteiger partial charge on any atom is -0.431 e. The van der Waals surface area contributed by atoms with Crippen molar-refractivity contribution in [1.29, 1.82) is 0 Å². The van der Waals surface area contributed by atoms with Crippen LogP contribution in [-0.2, 0) is 12.8 Å². The average Bonchev–Trinajstić information content (AvgIpc) is 3.17. The van der Waals surface area contributed by atoms with E-state index in [1.54, 1.807) is 0 Å². The number of fused-ring (bicyclic) bond motifs is 2. The van der Waals surface area contributed by atoms with Crippen molar-refractivity contribution < 1.29 is 4.80 Å². The van der Waals surface area contributed by atoms with Gasteiger partial charge in [0.2, 0.25) is 0 Å². The lowest BCUT2D eigenvalue weighted by atomic mass is 9.90. The number of aryl methyl sites for hydroxylation is 2. The highest BCUT2D eigenvalue weighted by molar-refractivity contribution is 6.72. The molecular formula is C23H28OSi. The zero-order chi connectivity index (χ0) is 17.6. The van der Waals surface area contributed by atoms with E-state index >= 15 is 0 Å². The Hall–Kier alpha value is -1.64. The van der Waals surface area contributed by atoms with Gasteiger partial charge in [-0.3, -0.25) is 0 Å². The molecule has 130 valence electrons. The molecule has 0 bridgehead atoms. The number of hydrogen-bond donors (Lipinski definition) is 1. The maximum Gasteiger partial charge on any atom is 0.193 e. The molecule has 1 nitrogen and oxygen atoms in total. The second kappa shape index (κ2) is 6.26. The van der Waals surface area contributed by atoms with E-state index < -0.39 is 8.32 Å². The highest BCUT2D eigenvalue weighted by atomic mass is 28.4. The number of rotatable bonds is 4. The van der Waals surface area contributed by atoms with Gasteiger partial charge in [-0.25, -0.2) is 0 Å². The summed E-state index contributed by atoms with van der Waals surface area (Å²) in [6.07, 6.45) is 7.15. The summed E-state index contributed by atoms with van der Waals surface area (Å²) in [5.74, 6) is 0.496. The lowest BCUT2D eigenvalue weighted by Crippen LogP contribution is -2.33. The maximum absolute atomic E-state index is 10.9. The first-order chi connectivity index (χ1) is 11.9. The molecule has 0 heterocycles. The van der Waals surface area contributed by atoms with E-state index in [0.29, 0.717) is 5.92 Å². The molecule has 0 aliphatic heterocycles. The molecule has 4 rings (SSSR count). The number of benzene rings is 2. The van der Waals surface area contributed by atoms with Gasteiger partial charge in [-0.2, -0.15) is 0 Å². The van der Waals surface area contributed by atoms with Gasteiger partial charge >= 0.3 is 0 Å². The lowest BCUT2D eigenvalue weighted by Gasteiger charge is -2.23. The van der Waals surface area contributed by atoms with E-state index in [1.165, 1.54) is 52.7 Å². The SMILES string of the molecule is CC(CC1=CC([Si](C)(C)O)c2cc3c(cc21)CCC3)c1ccccc1. The minimum absolute atomic E-state index is 0.242. The molecule has 0 aromatic heterocycles. The molecule has 2 aliphatic carbocycles. The topological polar surface area (TPSA) is 20.2 Å². The molecule has 0 amide bonds. The van der Waals surface area contributed by atoms with Crippen LogP contribution >= 0.6 is 0 Å². The molecule has 0 saturated carbocycles. The van der Waals surface area contributed by atoms with E-state index in [1.807, 2.05) is 0 Å². The summed E-state index contributed by atoms with van der Waals surface area (Å²) < 4.78 is 0. The second-order valence-electron chi connectivity index (χ2n) is 8.40. The van der Waals surface area contributed by atoms with Crippen molar-refractivity contribution in [2.75, 3.05) is 0 Å². The van der Waals surface area contributed by atoms with Crippen molar-refractivity contribution in [3.05, 3.63) is 76.4 Å². The molecule has 0 fully saturated rings. The van der Waals surface area contributed by atoms with Gasteiger partial charge in [0.1, 0.15) is 0 Å². The van der Waals surface area contributed by atoms with Crippen LogP contribution in [0.5, 0.6) is 0 Å². The molecule has 0 saturated heterocycles. The molecule has 2 atom stereocenters. The third-order valence-electron chi connectivity index (χ3n) is 5.97. The van der Waals surface area contributed by atoms with Crippen molar-refractivity contribution >= 4 is 13.9 Å². The predicted molar refractivity (Wildman–Crippen MR) is 108 cm³/mol. The number of hydrogen-bond acceptors (Lipinski definition) is 1. The zero-order valence-electron chi connectivity index (χ0n) is 15.5. The van der Waals surface area contributed by atoms with Crippen LogP contribution in [-0.4, -0.2) is 13.1 Å². The van der Waals surface area contributed by atoms with Crippen molar-refractivity contribution in [2.45, 2.75) is 57.2 Å². The van der Waals surface area contributed by atoms with Crippen LogP contribution in [0.2, 0.25) is 13.1 Å². The van der Waals surface area contributed by atoms with E-state index in [4.69, 9.17) is 0 Å². The summed E-state index contributed by atoms with van der Waals surface area (Å²) in [5.41, 5.74) is 8.96. The van der Waals surface area contributed by atoms with Crippen molar-refractivity contribution in [3.63, 3.8) is 0 Å². The average molecular weight is 349 g/mol. The molecule has 2 unspecified atom stereocenters.